The summed E-state index contributed by atoms with van der Waals surface area (Å²) >= 11 is 1.56. The molecular formula is C9H12N2S. The predicted octanol–water partition coefficient (Wildman–Crippen LogP) is 2.03. The maximum atomic E-state index is 5.55. The molecule has 0 amide bonds. The number of nitrogens with two attached hydrogens (primary N) is 1. The summed E-state index contributed by atoms with van der Waals surface area (Å²) in [7, 11) is 0. The highest BCUT2D eigenvalue weighted by molar-refractivity contribution is 7.07. The second-order valence-electron chi connectivity index (χ2n) is 2.37. The fourth-order valence-electron chi connectivity index (χ4n) is 0.826. The fraction of sp³-hybridized carbons (Fsp3) is 0.222. The average molecular weight is 180 g/mol. The van der Waals surface area contributed by atoms with Gasteiger partial charge in [0.2, 0.25) is 0 Å². The van der Waals surface area contributed by atoms with Crippen molar-refractivity contribution in [1.82, 2.24) is 4.98 Å². The van der Waals surface area contributed by atoms with Crippen molar-refractivity contribution in [3.05, 3.63) is 40.3 Å². The van der Waals surface area contributed by atoms with E-state index < -0.39 is 0 Å². The van der Waals surface area contributed by atoms with Crippen molar-refractivity contribution >= 4 is 11.3 Å². The van der Waals surface area contributed by atoms with Gasteiger partial charge in [0.1, 0.15) is 0 Å². The molecule has 0 saturated heterocycles. The van der Waals surface area contributed by atoms with Crippen molar-refractivity contribution in [2.24, 2.45) is 5.73 Å². The van der Waals surface area contributed by atoms with Crippen LogP contribution in [0.3, 0.4) is 0 Å². The monoisotopic (exact) mass is 180 g/mol. The Bertz CT molecular complexity index is 292. The van der Waals surface area contributed by atoms with E-state index in [-0.39, 0.29) is 0 Å². The smallest absolute Gasteiger partial charge is 0.0793 e. The van der Waals surface area contributed by atoms with Gasteiger partial charge in [0, 0.05) is 12.2 Å². The molecule has 0 fully saturated rings. The van der Waals surface area contributed by atoms with Crippen LogP contribution in [0.15, 0.2) is 29.1 Å². The predicted molar refractivity (Wildman–Crippen MR) is 52.4 cm³/mol. The van der Waals surface area contributed by atoms with Gasteiger partial charge in [-0.2, -0.15) is 0 Å². The van der Waals surface area contributed by atoms with Crippen LogP contribution in [0.25, 0.3) is 0 Å². The van der Waals surface area contributed by atoms with E-state index in [4.69, 9.17) is 5.73 Å². The van der Waals surface area contributed by atoms with E-state index in [9.17, 15) is 0 Å². The molecule has 1 aromatic rings. The molecule has 12 heavy (non-hydrogen) atoms. The zero-order valence-electron chi connectivity index (χ0n) is 7.03. The Balaban J connectivity index is 3.24. The molecule has 0 unspecified atom stereocenters. The van der Waals surface area contributed by atoms with E-state index in [0.29, 0.717) is 6.54 Å². The minimum Gasteiger partial charge on any atom is -0.326 e. The number of hydrogen-bond acceptors (Lipinski definition) is 3. The molecule has 0 spiro atoms. The zero-order valence-corrected chi connectivity index (χ0v) is 7.84. The molecule has 0 bridgehead atoms. The van der Waals surface area contributed by atoms with Crippen LogP contribution in [-0.4, -0.2) is 4.98 Å². The van der Waals surface area contributed by atoms with Crippen LogP contribution in [0.5, 0.6) is 0 Å². The van der Waals surface area contributed by atoms with Gasteiger partial charge in [-0.05, 0) is 17.9 Å². The molecule has 0 atom stereocenters. The summed E-state index contributed by atoms with van der Waals surface area (Å²) in [5.74, 6) is 0. The van der Waals surface area contributed by atoms with E-state index in [0.717, 1.165) is 11.3 Å². The molecule has 0 aliphatic heterocycles. The maximum Gasteiger partial charge on any atom is 0.0793 e. The minimum absolute atomic E-state index is 0.540. The first-order valence-corrected chi connectivity index (χ1v) is 4.70. The van der Waals surface area contributed by atoms with Gasteiger partial charge in [-0.3, -0.25) is 4.98 Å². The van der Waals surface area contributed by atoms with Crippen LogP contribution < -0.4 is 5.73 Å². The molecule has 1 rings (SSSR count). The second kappa shape index (κ2) is 4.85. The lowest BCUT2D eigenvalue weighted by Gasteiger charge is -1.94. The lowest BCUT2D eigenvalue weighted by atomic mass is 10.2. The molecule has 0 saturated carbocycles. The summed E-state index contributed by atoms with van der Waals surface area (Å²) in [6.45, 7) is 2.51. The number of aromatic nitrogens is 1. The first kappa shape index (κ1) is 9.16. The molecule has 3 heteroatoms. The summed E-state index contributed by atoms with van der Waals surface area (Å²) in [6.07, 6.45) is 0. The molecular weight excluding hydrogens is 168 g/mol. The average Bonchev–Trinajstić information content (AvgIpc) is 2.17. The normalized spacial score (nSPS) is 9.17. The van der Waals surface area contributed by atoms with E-state index in [1.165, 1.54) is 0 Å². The summed E-state index contributed by atoms with van der Waals surface area (Å²) in [4.78, 5) is 4.23. The van der Waals surface area contributed by atoms with E-state index in [1.807, 2.05) is 36.0 Å². The molecule has 0 aromatic carbocycles. The van der Waals surface area contributed by atoms with Gasteiger partial charge in [0.25, 0.3) is 0 Å². The molecule has 0 aliphatic rings. The van der Waals surface area contributed by atoms with Crippen molar-refractivity contribution in [1.29, 1.82) is 0 Å². The van der Waals surface area contributed by atoms with Crippen LogP contribution in [-0.2, 0) is 6.54 Å². The van der Waals surface area contributed by atoms with Gasteiger partial charge in [-0.15, -0.1) is 11.3 Å². The van der Waals surface area contributed by atoms with Crippen LogP contribution in [0.1, 0.15) is 11.3 Å². The largest absolute Gasteiger partial charge is 0.326 e. The Morgan fingerprint density at radius 2 is 2.33 bits per heavy atom. The topological polar surface area (TPSA) is 38.9 Å². The standard InChI is InChI=1S/C9H12N2S/c1-8-9(6-10)4-2-3-5-12-7-11-8/h2-5,7H,6,10H2,1H3. The Kier molecular flexibility index (Phi) is 3.70. The van der Waals surface area contributed by atoms with Crippen molar-refractivity contribution < 1.29 is 0 Å². The van der Waals surface area contributed by atoms with Gasteiger partial charge < -0.3 is 5.73 Å². The molecule has 2 nitrogen and oxygen atoms in total. The summed E-state index contributed by atoms with van der Waals surface area (Å²) in [6, 6.07) is 5.95. The summed E-state index contributed by atoms with van der Waals surface area (Å²) in [5.41, 5.74) is 9.44. The van der Waals surface area contributed by atoms with Crippen molar-refractivity contribution in [2.45, 2.75) is 13.5 Å². The van der Waals surface area contributed by atoms with Crippen LogP contribution in [0, 0.1) is 6.92 Å². The third-order valence-electron chi connectivity index (χ3n) is 1.56. The highest BCUT2D eigenvalue weighted by Crippen LogP contribution is 2.00. The Hall–Kier alpha value is -0.930. The highest BCUT2D eigenvalue weighted by Gasteiger charge is 1.89. The fourth-order valence-corrected chi connectivity index (χ4v) is 1.30. The quantitative estimate of drug-likeness (QED) is 0.718. The van der Waals surface area contributed by atoms with Crippen LogP contribution in [0.2, 0.25) is 0 Å². The Morgan fingerprint density at radius 1 is 1.50 bits per heavy atom. The molecule has 1 heterocycles. The molecule has 2 N–H and O–H groups in total. The zero-order chi connectivity index (χ0) is 8.81. The lowest BCUT2D eigenvalue weighted by molar-refractivity contribution is 1.02. The third kappa shape index (κ3) is 2.60. The minimum atomic E-state index is 0.540. The van der Waals surface area contributed by atoms with Gasteiger partial charge in [-0.1, -0.05) is 18.2 Å². The summed E-state index contributed by atoms with van der Waals surface area (Å²) in [5, 5.41) is 1.98. The Labute approximate surface area is 76.4 Å². The first-order chi connectivity index (χ1) is 5.84. The summed E-state index contributed by atoms with van der Waals surface area (Å²) < 4.78 is 0. The van der Waals surface area contributed by atoms with Crippen molar-refractivity contribution in [2.75, 3.05) is 0 Å². The highest BCUT2D eigenvalue weighted by atomic mass is 32.1. The van der Waals surface area contributed by atoms with Gasteiger partial charge in [0.15, 0.2) is 0 Å². The SMILES string of the molecule is Cc1ncsccccc1CN. The molecule has 1 aromatic heterocycles. The maximum absolute atomic E-state index is 5.55. The van der Waals surface area contributed by atoms with Crippen molar-refractivity contribution in [3.8, 4) is 0 Å². The van der Waals surface area contributed by atoms with Crippen molar-refractivity contribution in [3.63, 3.8) is 0 Å². The third-order valence-corrected chi connectivity index (χ3v) is 2.10. The molecule has 64 valence electrons. The Morgan fingerprint density at radius 3 is 3.08 bits per heavy atom. The second-order valence-corrected chi connectivity index (χ2v) is 3.13. The number of rotatable bonds is 1. The van der Waals surface area contributed by atoms with E-state index in [1.54, 1.807) is 11.3 Å². The van der Waals surface area contributed by atoms with E-state index >= 15 is 0 Å². The van der Waals surface area contributed by atoms with Gasteiger partial charge >= 0.3 is 0 Å². The molecule has 0 radical (unpaired) electrons. The number of hydrogen-bond donors (Lipinski definition) is 1. The van der Waals surface area contributed by atoms with Crippen LogP contribution >= 0.6 is 11.3 Å². The van der Waals surface area contributed by atoms with Gasteiger partial charge in [0.05, 0.1) is 5.51 Å². The first-order valence-electron chi connectivity index (χ1n) is 3.75. The number of nitrogens with zero attached hydrogens (tertiary/aromatic N) is 1. The lowest BCUT2D eigenvalue weighted by Crippen LogP contribution is -1.98. The van der Waals surface area contributed by atoms with E-state index in [2.05, 4.69) is 4.98 Å². The van der Waals surface area contributed by atoms with Gasteiger partial charge in [-0.25, -0.2) is 0 Å². The molecule has 0 aliphatic carbocycles. The van der Waals surface area contributed by atoms with Crippen LogP contribution in [0.4, 0.5) is 0 Å². The number of aryl methyl sites for hydroxylation is 1.